The Morgan fingerprint density at radius 2 is 2.05 bits per heavy atom. The van der Waals surface area contributed by atoms with E-state index in [1.807, 2.05) is 11.0 Å². The molecule has 0 aromatic heterocycles. The van der Waals surface area contributed by atoms with Gasteiger partial charge >= 0.3 is 0 Å². The number of nitriles is 1. The summed E-state index contributed by atoms with van der Waals surface area (Å²) >= 11 is 0. The van der Waals surface area contributed by atoms with Crippen LogP contribution in [0.3, 0.4) is 0 Å². The predicted octanol–water partition coefficient (Wildman–Crippen LogP) is 1.18. The molecule has 1 aromatic rings. The zero-order chi connectivity index (χ0) is 15.5. The van der Waals surface area contributed by atoms with Gasteiger partial charge in [0.2, 0.25) is 0 Å². The van der Waals surface area contributed by atoms with Gasteiger partial charge in [-0.3, -0.25) is 4.90 Å². The molecule has 1 aliphatic rings. The highest BCUT2D eigenvalue weighted by molar-refractivity contribution is 7.91. The van der Waals surface area contributed by atoms with Gasteiger partial charge in [0.25, 0.3) is 0 Å². The zero-order valence-electron chi connectivity index (χ0n) is 12.1. The summed E-state index contributed by atoms with van der Waals surface area (Å²) in [4.78, 5) is 2.23. The fourth-order valence-corrected chi connectivity index (χ4v) is 3.90. The van der Waals surface area contributed by atoms with Crippen LogP contribution in [0.4, 0.5) is 0 Å². The Morgan fingerprint density at radius 3 is 2.62 bits per heavy atom. The van der Waals surface area contributed by atoms with Crippen molar-refractivity contribution in [2.45, 2.75) is 30.3 Å². The van der Waals surface area contributed by atoms with Crippen LogP contribution in [0.5, 0.6) is 0 Å². The van der Waals surface area contributed by atoms with Gasteiger partial charge in [0.15, 0.2) is 9.84 Å². The van der Waals surface area contributed by atoms with Gasteiger partial charge in [-0.2, -0.15) is 5.26 Å². The number of β-amino-alcohol motifs (C(OH)–C–C–N with tert-alkyl or cyclic N) is 1. The first-order valence-electron chi connectivity index (χ1n) is 7.00. The third-order valence-corrected chi connectivity index (χ3v) is 5.48. The predicted molar refractivity (Wildman–Crippen MR) is 79.5 cm³/mol. The summed E-state index contributed by atoms with van der Waals surface area (Å²) in [6, 6.07) is 7.94. The van der Waals surface area contributed by atoms with Crippen molar-refractivity contribution >= 4 is 9.84 Å². The number of hydrogen-bond donors (Lipinski definition) is 1. The zero-order valence-corrected chi connectivity index (χ0v) is 12.9. The molecule has 114 valence electrons. The van der Waals surface area contributed by atoms with Crippen LogP contribution >= 0.6 is 0 Å². The molecule has 1 heterocycles. The Labute approximate surface area is 125 Å². The van der Waals surface area contributed by atoms with Crippen molar-refractivity contribution in [3.63, 3.8) is 0 Å². The van der Waals surface area contributed by atoms with Crippen LogP contribution in [-0.4, -0.2) is 49.4 Å². The van der Waals surface area contributed by atoms with Gasteiger partial charge in [-0.1, -0.05) is 0 Å². The third-order valence-electron chi connectivity index (χ3n) is 3.77. The van der Waals surface area contributed by atoms with Gasteiger partial charge in [-0.25, -0.2) is 8.42 Å². The maximum absolute atomic E-state index is 12.3. The average molecular weight is 308 g/mol. The molecule has 0 radical (unpaired) electrons. The number of piperidine rings is 1. The Morgan fingerprint density at radius 1 is 1.38 bits per heavy atom. The number of benzene rings is 1. The van der Waals surface area contributed by atoms with E-state index >= 15 is 0 Å². The maximum atomic E-state index is 12.3. The van der Waals surface area contributed by atoms with Gasteiger partial charge in [0.05, 0.1) is 27.9 Å². The van der Waals surface area contributed by atoms with E-state index < -0.39 is 15.4 Å². The van der Waals surface area contributed by atoms with E-state index in [4.69, 9.17) is 5.26 Å². The molecule has 0 aliphatic carbocycles. The number of nitrogens with zero attached hydrogens (tertiary/aromatic N) is 2. The van der Waals surface area contributed by atoms with Crippen LogP contribution in [0.1, 0.15) is 25.3 Å². The van der Waals surface area contributed by atoms with E-state index in [2.05, 4.69) is 0 Å². The van der Waals surface area contributed by atoms with E-state index in [9.17, 15) is 13.5 Å². The number of likely N-dealkylation sites (tertiary alicyclic amines) is 1. The molecular weight excluding hydrogens is 288 g/mol. The largest absolute Gasteiger partial charge is 0.389 e. The second kappa shape index (κ2) is 6.14. The van der Waals surface area contributed by atoms with Crippen molar-refractivity contribution in [2.24, 2.45) is 0 Å². The number of sulfone groups is 1. The summed E-state index contributed by atoms with van der Waals surface area (Å²) in [7, 11) is -3.35. The van der Waals surface area contributed by atoms with Crippen molar-refractivity contribution in [1.29, 1.82) is 5.26 Å². The lowest BCUT2D eigenvalue weighted by atomic mass is 9.95. The van der Waals surface area contributed by atoms with Gasteiger partial charge in [-0.05, 0) is 50.6 Å². The minimum atomic E-state index is -3.35. The van der Waals surface area contributed by atoms with Crippen LogP contribution in [0.25, 0.3) is 0 Å². The van der Waals surface area contributed by atoms with Crippen molar-refractivity contribution in [3.05, 3.63) is 29.8 Å². The van der Waals surface area contributed by atoms with E-state index in [0.717, 1.165) is 19.4 Å². The van der Waals surface area contributed by atoms with Crippen LogP contribution < -0.4 is 0 Å². The highest BCUT2D eigenvalue weighted by Gasteiger charge is 2.29. The molecule has 6 heteroatoms. The molecular formula is C15H20N2O3S. The lowest BCUT2D eigenvalue weighted by Crippen LogP contribution is -2.47. The molecule has 0 spiro atoms. The first-order chi connectivity index (χ1) is 9.82. The smallest absolute Gasteiger partial charge is 0.179 e. The monoisotopic (exact) mass is 308 g/mol. The van der Waals surface area contributed by atoms with Crippen LogP contribution in [0.2, 0.25) is 0 Å². The normalized spacial score (nSPS) is 23.7. The molecule has 2 rings (SSSR count). The molecule has 0 bridgehead atoms. The summed E-state index contributed by atoms with van der Waals surface area (Å²) in [5, 5.41) is 18.8. The van der Waals surface area contributed by atoms with Crippen molar-refractivity contribution in [2.75, 3.05) is 25.4 Å². The van der Waals surface area contributed by atoms with Crippen LogP contribution in [-0.2, 0) is 9.84 Å². The van der Waals surface area contributed by atoms with E-state index in [1.165, 1.54) is 24.3 Å². The highest BCUT2D eigenvalue weighted by atomic mass is 32.2. The Kier molecular flexibility index (Phi) is 4.67. The Balaban J connectivity index is 1.99. The lowest BCUT2D eigenvalue weighted by molar-refractivity contribution is -0.0134. The first kappa shape index (κ1) is 16.0. The molecule has 21 heavy (non-hydrogen) atoms. The van der Waals surface area contributed by atoms with Gasteiger partial charge in [0.1, 0.15) is 0 Å². The van der Waals surface area contributed by atoms with Gasteiger partial charge in [0, 0.05) is 13.1 Å². The molecule has 5 nitrogen and oxygen atoms in total. The molecule has 1 aliphatic heterocycles. The Bertz CT molecular complexity index is 630. The number of aliphatic hydroxyl groups is 1. The van der Waals surface area contributed by atoms with Crippen molar-refractivity contribution < 1.29 is 13.5 Å². The Hall–Kier alpha value is -1.42. The summed E-state index contributed by atoms with van der Waals surface area (Å²) in [6.45, 7) is 3.53. The van der Waals surface area contributed by atoms with E-state index in [1.54, 1.807) is 6.92 Å². The first-order valence-corrected chi connectivity index (χ1v) is 8.65. The fourth-order valence-electron chi connectivity index (χ4n) is 2.62. The van der Waals surface area contributed by atoms with Gasteiger partial charge < -0.3 is 5.11 Å². The molecule has 1 aromatic carbocycles. The van der Waals surface area contributed by atoms with Crippen molar-refractivity contribution in [3.8, 4) is 6.07 Å². The second-order valence-electron chi connectivity index (χ2n) is 5.83. The summed E-state index contributed by atoms with van der Waals surface area (Å²) < 4.78 is 24.5. The molecule has 1 atom stereocenters. The summed E-state index contributed by atoms with van der Waals surface area (Å²) in [5.74, 6) is 0.0228. The molecule has 1 unspecified atom stereocenters. The molecule has 1 saturated heterocycles. The van der Waals surface area contributed by atoms with Crippen LogP contribution in [0.15, 0.2) is 29.2 Å². The highest BCUT2D eigenvalue weighted by Crippen LogP contribution is 2.20. The van der Waals surface area contributed by atoms with E-state index in [-0.39, 0.29) is 10.6 Å². The van der Waals surface area contributed by atoms with E-state index in [0.29, 0.717) is 18.7 Å². The topological polar surface area (TPSA) is 81.4 Å². The molecule has 1 fully saturated rings. The van der Waals surface area contributed by atoms with Crippen molar-refractivity contribution in [1.82, 2.24) is 4.90 Å². The standard InChI is InChI=1S/C15H20N2O3S/c1-15(18)7-2-8-17(12-15)9-10-21(19,20)14-5-3-13(11-16)4-6-14/h3-6,18H,2,7-10,12H2,1H3. The average Bonchev–Trinajstić information content (AvgIpc) is 2.44. The molecule has 0 saturated carbocycles. The summed E-state index contributed by atoms with van der Waals surface area (Å²) in [6.07, 6.45) is 1.63. The third kappa shape index (κ3) is 4.27. The number of rotatable bonds is 4. The quantitative estimate of drug-likeness (QED) is 0.903. The molecule has 1 N–H and O–H groups in total. The minimum Gasteiger partial charge on any atom is -0.389 e. The maximum Gasteiger partial charge on any atom is 0.179 e. The SMILES string of the molecule is CC1(O)CCCN(CCS(=O)(=O)c2ccc(C#N)cc2)C1. The second-order valence-corrected chi connectivity index (χ2v) is 7.94. The lowest BCUT2D eigenvalue weighted by Gasteiger charge is -2.36. The minimum absolute atomic E-state index is 0.0228. The van der Waals surface area contributed by atoms with Crippen LogP contribution in [0, 0.1) is 11.3 Å². The fraction of sp³-hybridized carbons (Fsp3) is 0.533. The summed E-state index contributed by atoms with van der Waals surface area (Å²) in [5.41, 5.74) is -0.280. The number of hydrogen-bond acceptors (Lipinski definition) is 5. The van der Waals surface area contributed by atoms with Gasteiger partial charge in [-0.15, -0.1) is 0 Å². The molecule has 0 amide bonds.